The second-order valence-corrected chi connectivity index (χ2v) is 2.91. The molecule has 0 saturated heterocycles. The van der Waals surface area contributed by atoms with Gasteiger partial charge in [0.2, 0.25) is 0 Å². The zero-order valence-corrected chi connectivity index (χ0v) is 9.22. The number of ether oxygens (including phenoxy) is 1. The van der Waals surface area contributed by atoms with Crippen LogP contribution >= 0.6 is 0 Å². The Balaban J connectivity index is 0.000000461. The van der Waals surface area contributed by atoms with Gasteiger partial charge in [0.25, 0.3) is 0 Å². The monoisotopic (exact) mass is 191 g/mol. The fourth-order valence-corrected chi connectivity index (χ4v) is 1.38. The first kappa shape index (κ1) is 10.6. The fraction of sp³-hybridized carbons (Fsp3) is 0.333. The number of benzene rings is 1. The number of hydrogen-bond acceptors (Lipinski definition) is 1. The lowest BCUT2D eigenvalue weighted by atomic mass is 10.2. The Morgan fingerprint density at radius 1 is 1.14 bits per heavy atom. The fourth-order valence-electron chi connectivity index (χ4n) is 1.38. The van der Waals surface area contributed by atoms with Crippen LogP contribution in [0.3, 0.4) is 0 Å². The Bertz CT molecular complexity index is 404. The molecule has 2 aromatic rings. The lowest BCUT2D eigenvalue weighted by Crippen LogP contribution is -1.80. The van der Waals surface area contributed by atoms with Gasteiger partial charge >= 0.3 is 0 Å². The van der Waals surface area contributed by atoms with E-state index in [-0.39, 0.29) is 0 Å². The van der Waals surface area contributed by atoms with E-state index >= 15 is 0 Å². The molecule has 0 unspecified atom stereocenters. The predicted molar refractivity (Wildman–Crippen MR) is 60.9 cm³/mol. The molecular formula is C12H17NO. The van der Waals surface area contributed by atoms with Crippen molar-refractivity contribution >= 4 is 10.9 Å². The molecule has 0 aliphatic rings. The van der Waals surface area contributed by atoms with Crippen molar-refractivity contribution in [2.75, 3.05) is 7.11 Å². The number of aromatic amines is 1. The minimum absolute atomic E-state index is 0.893. The van der Waals surface area contributed by atoms with Crippen molar-refractivity contribution in [2.24, 2.45) is 0 Å². The van der Waals surface area contributed by atoms with E-state index < -0.39 is 0 Å². The van der Waals surface area contributed by atoms with E-state index in [1.54, 1.807) is 7.11 Å². The summed E-state index contributed by atoms with van der Waals surface area (Å²) >= 11 is 0. The number of H-pyrrole nitrogens is 1. The summed E-state index contributed by atoms with van der Waals surface area (Å²) in [5.74, 6) is 0.893. The molecule has 0 spiro atoms. The van der Waals surface area contributed by atoms with Crippen molar-refractivity contribution in [1.29, 1.82) is 0 Å². The third kappa shape index (κ3) is 2.08. The third-order valence-corrected chi connectivity index (χ3v) is 1.96. The van der Waals surface area contributed by atoms with Gasteiger partial charge in [-0.25, -0.2) is 0 Å². The number of rotatable bonds is 1. The first-order valence-electron chi connectivity index (χ1n) is 4.93. The Morgan fingerprint density at radius 3 is 2.50 bits per heavy atom. The third-order valence-electron chi connectivity index (χ3n) is 1.96. The van der Waals surface area contributed by atoms with Gasteiger partial charge in [-0.05, 0) is 30.5 Å². The molecule has 0 saturated carbocycles. The highest BCUT2D eigenvalue weighted by atomic mass is 16.5. The van der Waals surface area contributed by atoms with Gasteiger partial charge < -0.3 is 9.72 Å². The lowest BCUT2D eigenvalue weighted by Gasteiger charge is -1.97. The summed E-state index contributed by atoms with van der Waals surface area (Å²) in [6.45, 7) is 6.05. The Hall–Kier alpha value is -1.44. The minimum Gasteiger partial charge on any atom is -0.497 e. The largest absolute Gasteiger partial charge is 0.497 e. The van der Waals surface area contributed by atoms with Crippen LogP contribution in [0.5, 0.6) is 5.75 Å². The number of methoxy groups -OCH3 is 1. The Labute approximate surface area is 84.9 Å². The van der Waals surface area contributed by atoms with Gasteiger partial charge in [0.15, 0.2) is 0 Å². The van der Waals surface area contributed by atoms with Crippen LogP contribution in [0.15, 0.2) is 24.3 Å². The maximum absolute atomic E-state index is 5.11. The molecule has 0 aliphatic carbocycles. The highest BCUT2D eigenvalue weighted by Crippen LogP contribution is 2.20. The molecule has 14 heavy (non-hydrogen) atoms. The van der Waals surface area contributed by atoms with E-state index in [0.29, 0.717) is 0 Å². The van der Waals surface area contributed by atoms with Gasteiger partial charge in [-0.15, -0.1) is 0 Å². The highest BCUT2D eigenvalue weighted by Gasteiger charge is 1.97. The average Bonchev–Trinajstić information content (AvgIpc) is 2.59. The summed E-state index contributed by atoms with van der Waals surface area (Å²) in [7, 11) is 1.68. The minimum atomic E-state index is 0.893. The lowest BCUT2D eigenvalue weighted by molar-refractivity contribution is 0.415. The molecular weight excluding hydrogens is 174 g/mol. The van der Waals surface area contributed by atoms with Gasteiger partial charge in [0.1, 0.15) is 5.75 Å². The smallest absolute Gasteiger partial charge is 0.120 e. The zero-order valence-electron chi connectivity index (χ0n) is 9.22. The Morgan fingerprint density at radius 2 is 1.86 bits per heavy atom. The molecule has 1 aromatic carbocycles. The average molecular weight is 191 g/mol. The van der Waals surface area contributed by atoms with E-state index in [1.807, 2.05) is 32.9 Å². The normalized spacial score (nSPS) is 9.43. The molecule has 0 fully saturated rings. The van der Waals surface area contributed by atoms with Crippen LogP contribution in [0.4, 0.5) is 0 Å². The molecule has 0 bridgehead atoms. The van der Waals surface area contributed by atoms with E-state index in [0.717, 1.165) is 11.3 Å². The van der Waals surface area contributed by atoms with E-state index in [2.05, 4.69) is 17.1 Å². The maximum atomic E-state index is 5.11. The topological polar surface area (TPSA) is 25.0 Å². The van der Waals surface area contributed by atoms with Gasteiger partial charge in [-0.1, -0.05) is 13.8 Å². The molecule has 0 atom stereocenters. The summed E-state index contributed by atoms with van der Waals surface area (Å²) in [6, 6.07) is 8.14. The van der Waals surface area contributed by atoms with Crippen LogP contribution in [0.1, 0.15) is 19.5 Å². The molecule has 1 heterocycles. The van der Waals surface area contributed by atoms with Crippen molar-refractivity contribution in [1.82, 2.24) is 4.98 Å². The van der Waals surface area contributed by atoms with Crippen LogP contribution in [-0.4, -0.2) is 12.1 Å². The Kier molecular flexibility index (Phi) is 3.57. The molecule has 2 heteroatoms. The zero-order chi connectivity index (χ0) is 10.6. The standard InChI is InChI=1S/C10H11NO.C2H6/c1-7-5-8-3-4-9(12-2)6-10(8)11-7;1-2/h3-6,11H,1-2H3;1-2H3. The van der Waals surface area contributed by atoms with Gasteiger partial charge in [-0.2, -0.15) is 0 Å². The van der Waals surface area contributed by atoms with Crippen molar-refractivity contribution in [3.8, 4) is 5.75 Å². The van der Waals surface area contributed by atoms with E-state index in [9.17, 15) is 0 Å². The van der Waals surface area contributed by atoms with Crippen LogP contribution < -0.4 is 4.74 Å². The second-order valence-electron chi connectivity index (χ2n) is 2.91. The SMILES string of the molecule is CC.COc1ccc2cc(C)[nH]c2c1. The first-order chi connectivity index (χ1) is 6.79. The van der Waals surface area contributed by atoms with Crippen molar-refractivity contribution in [3.63, 3.8) is 0 Å². The van der Waals surface area contributed by atoms with Crippen LogP contribution in [0.25, 0.3) is 10.9 Å². The second kappa shape index (κ2) is 4.70. The quantitative estimate of drug-likeness (QED) is 0.733. The van der Waals surface area contributed by atoms with E-state index in [1.165, 1.54) is 11.1 Å². The van der Waals surface area contributed by atoms with Crippen LogP contribution in [0.2, 0.25) is 0 Å². The number of nitrogens with one attached hydrogen (secondary N) is 1. The molecule has 0 amide bonds. The van der Waals surface area contributed by atoms with Crippen LogP contribution in [-0.2, 0) is 0 Å². The summed E-state index contributed by atoms with van der Waals surface area (Å²) in [4.78, 5) is 3.25. The highest BCUT2D eigenvalue weighted by molar-refractivity contribution is 5.81. The summed E-state index contributed by atoms with van der Waals surface area (Å²) in [6.07, 6.45) is 0. The number of fused-ring (bicyclic) bond motifs is 1. The van der Waals surface area contributed by atoms with Crippen LogP contribution in [0, 0.1) is 6.92 Å². The molecule has 0 aliphatic heterocycles. The van der Waals surface area contributed by atoms with Crippen molar-refractivity contribution < 1.29 is 4.74 Å². The molecule has 1 aromatic heterocycles. The molecule has 0 radical (unpaired) electrons. The number of hydrogen-bond donors (Lipinski definition) is 1. The molecule has 2 rings (SSSR count). The summed E-state index contributed by atoms with van der Waals surface area (Å²) in [5.41, 5.74) is 2.31. The molecule has 76 valence electrons. The van der Waals surface area contributed by atoms with Crippen molar-refractivity contribution in [3.05, 3.63) is 30.0 Å². The van der Waals surface area contributed by atoms with E-state index in [4.69, 9.17) is 4.74 Å². The number of aryl methyl sites for hydroxylation is 1. The molecule has 1 N–H and O–H groups in total. The first-order valence-corrected chi connectivity index (χ1v) is 4.93. The summed E-state index contributed by atoms with van der Waals surface area (Å²) in [5, 5.41) is 1.23. The van der Waals surface area contributed by atoms with Crippen molar-refractivity contribution in [2.45, 2.75) is 20.8 Å². The van der Waals surface area contributed by atoms with Gasteiger partial charge in [0.05, 0.1) is 7.11 Å². The predicted octanol–water partition coefficient (Wildman–Crippen LogP) is 3.51. The molecule has 2 nitrogen and oxygen atoms in total. The summed E-state index contributed by atoms with van der Waals surface area (Å²) < 4.78 is 5.11. The number of aromatic nitrogens is 1. The van der Waals surface area contributed by atoms with Gasteiger partial charge in [-0.3, -0.25) is 0 Å². The maximum Gasteiger partial charge on any atom is 0.120 e. The van der Waals surface area contributed by atoms with Gasteiger partial charge in [0, 0.05) is 17.3 Å².